The highest BCUT2D eigenvalue weighted by atomic mass is 19.1. The van der Waals surface area contributed by atoms with Gasteiger partial charge in [0.1, 0.15) is 5.82 Å². The second kappa shape index (κ2) is 5.18. The third kappa shape index (κ3) is 2.51. The van der Waals surface area contributed by atoms with E-state index in [1.165, 1.54) is 18.2 Å². The summed E-state index contributed by atoms with van der Waals surface area (Å²) in [4.78, 5) is 14.0. The summed E-state index contributed by atoms with van der Waals surface area (Å²) >= 11 is 0. The van der Waals surface area contributed by atoms with Gasteiger partial charge in [0.2, 0.25) is 0 Å². The van der Waals surface area contributed by atoms with E-state index in [1.54, 1.807) is 11.8 Å². The van der Waals surface area contributed by atoms with Crippen LogP contribution in [0.4, 0.5) is 4.39 Å². The second-order valence-corrected chi connectivity index (χ2v) is 4.65. The minimum absolute atomic E-state index is 0.0587. The average Bonchev–Trinajstić information content (AvgIpc) is 2.38. The molecule has 1 fully saturated rings. The van der Waals surface area contributed by atoms with E-state index in [9.17, 15) is 9.18 Å². The van der Waals surface area contributed by atoms with Gasteiger partial charge in [-0.05, 0) is 43.5 Å². The summed E-state index contributed by atoms with van der Waals surface area (Å²) in [5.74, 6) is -0.334. The van der Waals surface area contributed by atoms with Crippen LogP contribution in [0.2, 0.25) is 0 Å². The second-order valence-electron chi connectivity index (χ2n) is 4.65. The summed E-state index contributed by atoms with van der Waals surface area (Å²) in [6, 6.07) is 6.44. The molecule has 0 atom stereocenters. The van der Waals surface area contributed by atoms with Crippen molar-refractivity contribution in [3.05, 3.63) is 35.1 Å². The quantitative estimate of drug-likeness (QED) is 0.764. The molecular weight excluding hydrogens is 231 g/mol. The van der Waals surface area contributed by atoms with Crippen LogP contribution < -0.4 is 0 Å². The van der Waals surface area contributed by atoms with E-state index in [4.69, 9.17) is 5.26 Å². The van der Waals surface area contributed by atoms with Gasteiger partial charge in [-0.15, -0.1) is 0 Å². The topological polar surface area (TPSA) is 44.1 Å². The van der Waals surface area contributed by atoms with Crippen molar-refractivity contribution in [2.24, 2.45) is 5.92 Å². The predicted molar refractivity (Wildman–Crippen MR) is 65.4 cm³/mol. The Kier molecular flexibility index (Phi) is 3.61. The number of carbonyl (C=O) groups excluding carboxylic acids is 1. The summed E-state index contributed by atoms with van der Waals surface area (Å²) in [6.07, 6.45) is 1.45. The number of nitrogens with zero attached hydrogens (tertiary/aromatic N) is 2. The van der Waals surface area contributed by atoms with Crippen LogP contribution in [0.3, 0.4) is 0 Å². The first-order valence-electron chi connectivity index (χ1n) is 6.07. The van der Waals surface area contributed by atoms with Gasteiger partial charge in [0.25, 0.3) is 5.91 Å². The van der Waals surface area contributed by atoms with Crippen LogP contribution in [-0.4, -0.2) is 23.9 Å². The van der Waals surface area contributed by atoms with Crippen molar-refractivity contribution < 1.29 is 9.18 Å². The maximum absolute atomic E-state index is 13.0. The Balaban J connectivity index is 2.11. The standard InChI is InChI=1S/C14H15FN2O/c1-10-8-12(15)2-3-13(10)14(18)17-6-4-11(9-16)5-7-17/h2-3,8,11H,4-7H2,1H3. The normalized spacial score (nSPS) is 16.4. The molecule has 4 heteroatoms. The number of halogens is 1. The van der Waals surface area contributed by atoms with Crippen LogP contribution in [0.15, 0.2) is 18.2 Å². The molecule has 94 valence electrons. The molecule has 1 saturated heterocycles. The third-order valence-electron chi connectivity index (χ3n) is 3.38. The third-order valence-corrected chi connectivity index (χ3v) is 3.38. The molecule has 0 radical (unpaired) electrons. The molecule has 0 aliphatic carbocycles. The zero-order valence-corrected chi connectivity index (χ0v) is 10.3. The zero-order valence-electron chi connectivity index (χ0n) is 10.3. The Morgan fingerprint density at radius 2 is 2.11 bits per heavy atom. The van der Waals surface area contributed by atoms with Crippen LogP contribution >= 0.6 is 0 Å². The number of hydrogen-bond donors (Lipinski definition) is 0. The largest absolute Gasteiger partial charge is 0.339 e. The van der Waals surface area contributed by atoms with Gasteiger partial charge in [0.05, 0.1) is 6.07 Å². The maximum Gasteiger partial charge on any atom is 0.254 e. The first-order valence-corrected chi connectivity index (χ1v) is 6.07. The highest BCUT2D eigenvalue weighted by Gasteiger charge is 2.24. The van der Waals surface area contributed by atoms with Crippen LogP contribution in [0.5, 0.6) is 0 Å². The Morgan fingerprint density at radius 3 is 2.67 bits per heavy atom. The van der Waals surface area contributed by atoms with Crippen LogP contribution in [-0.2, 0) is 0 Å². The van der Waals surface area contributed by atoms with Crippen LogP contribution in [0.1, 0.15) is 28.8 Å². The lowest BCUT2D eigenvalue weighted by Gasteiger charge is -2.29. The fraction of sp³-hybridized carbons (Fsp3) is 0.429. The Bertz CT molecular complexity index is 499. The number of nitriles is 1. The van der Waals surface area contributed by atoms with E-state index in [0.29, 0.717) is 24.2 Å². The van der Waals surface area contributed by atoms with Gasteiger partial charge in [0, 0.05) is 24.6 Å². The molecule has 0 bridgehead atoms. The lowest BCUT2D eigenvalue weighted by Crippen LogP contribution is -2.38. The number of benzene rings is 1. The molecule has 1 aromatic carbocycles. The molecule has 1 amide bonds. The Labute approximate surface area is 106 Å². The van der Waals surface area contributed by atoms with Gasteiger partial charge in [-0.25, -0.2) is 4.39 Å². The number of amides is 1. The van der Waals surface area contributed by atoms with Crippen molar-refractivity contribution in [3.8, 4) is 6.07 Å². The molecule has 1 aliphatic rings. The number of piperidine rings is 1. The molecule has 1 aliphatic heterocycles. The number of rotatable bonds is 1. The smallest absolute Gasteiger partial charge is 0.254 e. The molecule has 1 heterocycles. The zero-order chi connectivity index (χ0) is 13.1. The summed E-state index contributed by atoms with van der Waals surface area (Å²) in [5, 5.41) is 8.81. The molecular formula is C14H15FN2O. The highest BCUT2D eigenvalue weighted by molar-refractivity contribution is 5.95. The van der Waals surface area contributed by atoms with Crippen molar-refractivity contribution in [2.75, 3.05) is 13.1 Å². The lowest BCUT2D eigenvalue weighted by atomic mass is 9.97. The SMILES string of the molecule is Cc1cc(F)ccc1C(=O)N1CCC(C#N)CC1. The molecule has 3 nitrogen and oxygen atoms in total. The fourth-order valence-electron chi connectivity index (χ4n) is 2.25. The van der Waals surface area contributed by atoms with Gasteiger partial charge < -0.3 is 4.90 Å². The molecule has 0 spiro atoms. The van der Waals surface area contributed by atoms with E-state index in [-0.39, 0.29) is 17.6 Å². The van der Waals surface area contributed by atoms with Crippen molar-refractivity contribution >= 4 is 5.91 Å². The van der Waals surface area contributed by atoms with E-state index >= 15 is 0 Å². The summed E-state index contributed by atoms with van der Waals surface area (Å²) in [6.45, 7) is 2.94. The van der Waals surface area contributed by atoms with Crippen LogP contribution in [0, 0.1) is 30.0 Å². The van der Waals surface area contributed by atoms with Gasteiger partial charge >= 0.3 is 0 Å². The number of aryl methyl sites for hydroxylation is 1. The first kappa shape index (κ1) is 12.6. The molecule has 0 N–H and O–H groups in total. The molecule has 0 unspecified atom stereocenters. The van der Waals surface area contributed by atoms with Crippen molar-refractivity contribution in [1.82, 2.24) is 4.90 Å². The lowest BCUT2D eigenvalue weighted by molar-refractivity contribution is 0.0706. The number of carbonyl (C=O) groups is 1. The minimum atomic E-state index is -0.327. The molecule has 18 heavy (non-hydrogen) atoms. The van der Waals surface area contributed by atoms with E-state index in [0.717, 1.165) is 12.8 Å². The Morgan fingerprint density at radius 1 is 1.44 bits per heavy atom. The van der Waals surface area contributed by atoms with E-state index in [2.05, 4.69) is 6.07 Å². The highest BCUT2D eigenvalue weighted by Crippen LogP contribution is 2.20. The van der Waals surface area contributed by atoms with Gasteiger partial charge in [-0.1, -0.05) is 0 Å². The van der Waals surface area contributed by atoms with Crippen molar-refractivity contribution in [2.45, 2.75) is 19.8 Å². The van der Waals surface area contributed by atoms with E-state index in [1.807, 2.05) is 0 Å². The van der Waals surface area contributed by atoms with Crippen LogP contribution in [0.25, 0.3) is 0 Å². The summed E-state index contributed by atoms with van der Waals surface area (Å²) in [7, 11) is 0. The Hall–Kier alpha value is -1.89. The first-order chi connectivity index (χ1) is 8.61. The maximum atomic E-state index is 13.0. The van der Waals surface area contributed by atoms with Crippen molar-refractivity contribution in [3.63, 3.8) is 0 Å². The molecule has 0 aromatic heterocycles. The average molecular weight is 246 g/mol. The van der Waals surface area contributed by atoms with E-state index < -0.39 is 0 Å². The fourth-order valence-corrected chi connectivity index (χ4v) is 2.25. The number of likely N-dealkylation sites (tertiary alicyclic amines) is 1. The molecule has 0 saturated carbocycles. The molecule has 2 rings (SSSR count). The van der Waals surface area contributed by atoms with Gasteiger partial charge in [-0.3, -0.25) is 4.79 Å². The van der Waals surface area contributed by atoms with Gasteiger partial charge in [-0.2, -0.15) is 5.26 Å². The minimum Gasteiger partial charge on any atom is -0.339 e. The summed E-state index contributed by atoms with van der Waals surface area (Å²) < 4.78 is 13.0. The van der Waals surface area contributed by atoms with Crippen molar-refractivity contribution in [1.29, 1.82) is 5.26 Å². The monoisotopic (exact) mass is 246 g/mol. The molecule has 1 aromatic rings. The predicted octanol–water partition coefficient (Wildman–Crippen LogP) is 2.51. The number of hydrogen-bond acceptors (Lipinski definition) is 2. The summed E-state index contributed by atoms with van der Waals surface area (Å²) in [5.41, 5.74) is 1.20. The van der Waals surface area contributed by atoms with Gasteiger partial charge in [0.15, 0.2) is 0 Å².